The monoisotopic (exact) mass is 451 g/mol. The molecule has 2 aliphatic rings. The van der Waals surface area contributed by atoms with Crippen molar-refractivity contribution in [2.24, 2.45) is 5.92 Å². The Bertz CT molecular complexity index is 725. The van der Waals surface area contributed by atoms with Crippen LogP contribution in [-0.4, -0.2) is 80.9 Å². The molecule has 1 aromatic heterocycles. The van der Waals surface area contributed by atoms with Crippen molar-refractivity contribution in [1.82, 2.24) is 14.9 Å². The highest BCUT2D eigenvalue weighted by Gasteiger charge is 2.51. The van der Waals surface area contributed by atoms with Gasteiger partial charge in [-0.2, -0.15) is 0 Å². The van der Waals surface area contributed by atoms with E-state index in [1.54, 1.807) is 29.1 Å². The molecule has 2 fully saturated rings. The summed E-state index contributed by atoms with van der Waals surface area (Å²) >= 11 is 1.64. The van der Waals surface area contributed by atoms with Crippen LogP contribution < -0.4 is 5.46 Å². The Morgan fingerprint density at radius 2 is 1.81 bits per heavy atom. The third-order valence-electron chi connectivity index (χ3n) is 6.55. The van der Waals surface area contributed by atoms with E-state index in [1.807, 2.05) is 27.7 Å². The first-order chi connectivity index (χ1) is 14.6. The highest BCUT2D eigenvalue weighted by atomic mass is 32.2. The third-order valence-corrected chi connectivity index (χ3v) is 7.51. The summed E-state index contributed by atoms with van der Waals surface area (Å²) in [5, 5.41) is 19.1. The van der Waals surface area contributed by atoms with Crippen LogP contribution >= 0.6 is 11.8 Å². The van der Waals surface area contributed by atoms with Crippen LogP contribution in [0.1, 0.15) is 53.4 Å². The molecule has 0 saturated carbocycles. The molecule has 2 saturated heterocycles. The molecule has 3 rings (SSSR count). The van der Waals surface area contributed by atoms with Crippen LogP contribution in [0.15, 0.2) is 17.6 Å². The second kappa shape index (κ2) is 10.2. The van der Waals surface area contributed by atoms with Crippen molar-refractivity contribution in [3.8, 4) is 0 Å². The van der Waals surface area contributed by atoms with Gasteiger partial charge in [-0.05, 0) is 59.3 Å². The van der Waals surface area contributed by atoms with Gasteiger partial charge in [-0.1, -0.05) is 11.8 Å². The molecular formula is C21H34BN3O5S. The van der Waals surface area contributed by atoms with E-state index in [0.717, 1.165) is 42.1 Å². The molecule has 10 heteroatoms. The van der Waals surface area contributed by atoms with E-state index < -0.39 is 19.8 Å². The first kappa shape index (κ1) is 24.4. The number of piperidine rings is 1. The maximum Gasteiger partial charge on any atom is 0.498 e. The van der Waals surface area contributed by atoms with Gasteiger partial charge in [-0.15, -0.1) is 0 Å². The summed E-state index contributed by atoms with van der Waals surface area (Å²) < 4.78 is 12.1. The van der Waals surface area contributed by atoms with Gasteiger partial charge in [0.1, 0.15) is 0 Å². The molecule has 0 bridgehead atoms. The smallest absolute Gasteiger partial charge is 0.399 e. The molecule has 1 unspecified atom stereocenters. The van der Waals surface area contributed by atoms with Crippen LogP contribution in [-0.2, 0) is 14.1 Å². The second-order valence-electron chi connectivity index (χ2n) is 9.34. The van der Waals surface area contributed by atoms with Crippen LogP contribution in [0.3, 0.4) is 0 Å². The molecule has 8 nitrogen and oxygen atoms in total. The lowest BCUT2D eigenvalue weighted by atomic mass is 9.81. The van der Waals surface area contributed by atoms with Gasteiger partial charge in [0.2, 0.25) is 0 Å². The minimum absolute atomic E-state index is 0.363. The topological polar surface area (TPSA) is 105 Å². The number of aliphatic hydroxyl groups is 2. The SMILES string of the molecule is CC1(C)OB(c2cnc(SCCCC3CCN(C(=O)C(O)CO)CC3)nc2)OC1(C)C. The predicted molar refractivity (Wildman–Crippen MR) is 120 cm³/mol. The Morgan fingerprint density at radius 3 is 2.35 bits per heavy atom. The number of hydrogen-bond donors (Lipinski definition) is 2. The van der Waals surface area contributed by atoms with Gasteiger partial charge in [0.15, 0.2) is 11.3 Å². The van der Waals surface area contributed by atoms with E-state index in [4.69, 9.17) is 14.4 Å². The summed E-state index contributed by atoms with van der Waals surface area (Å²) in [4.78, 5) is 22.5. The molecule has 172 valence electrons. The summed E-state index contributed by atoms with van der Waals surface area (Å²) in [7, 11) is -0.444. The number of aromatic nitrogens is 2. The Kier molecular flexibility index (Phi) is 8.02. The minimum atomic E-state index is -1.29. The van der Waals surface area contributed by atoms with Gasteiger partial charge in [0.25, 0.3) is 5.91 Å². The van der Waals surface area contributed by atoms with Crippen molar-refractivity contribution in [2.75, 3.05) is 25.4 Å². The van der Waals surface area contributed by atoms with Gasteiger partial charge in [-0.3, -0.25) is 4.79 Å². The quantitative estimate of drug-likeness (QED) is 0.263. The molecule has 3 heterocycles. The average Bonchev–Trinajstić information content (AvgIpc) is 2.98. The molecule has 1 amide bonds. The van der Waals surface area contributed by atoms with Crippen LogP contribution in [0.25, 0.3) is 0 Å². The molecule has 0 aromatic carbocycles. The number of likely N-dealkylation sites (tertiary alicyclic amines) is 1. The van der Waals surface area contributed by atoms with E-state index >= 15 is 0 Å². The first-order valence-corrected chi connectivity index (χ1v) is 12.0. The summed E-state index contributed by atoms with van der Waals surface area (Å²) in [5.41, 5.74) is 0.0657. The highest BCUT2D eigenvalue weighted by molar-refractivity contribution is 7.99. The fourth-order valence-corrected chi connectivity index (χ4v) is 4.52. The van der Waals surface area contributed by atoms with Gasteiger partial charge >= 0.3 is 7.12 Å². The van der Waals surface area contributed by atoms with Crippen molar-refractivity contribution in [1.29, 1.82) is 0 Å². The second-order valence-corrected chi connectivity index (χ2v) is 10.4. The molecule has 2 N–H and O–H groups in total. The molecule has 0 aliphatic carbocycles. The Hall–Kier alpha value is -1.20. The Morgan fingerprint density at radius 1 is 1.23 bits per heavy atom. The van der Waals surface area contributed by atoms with Gasteiger partial charge < -0.3 is 24.4 Å². The highest BCUT2D eigenvalue weighted by Crippen LogP contribution is 2.36. The Labute approximate surface area is 189 Å². The fourth-order valence-electron chi connectivity index (χ4n) is 3.77. The van der Waals surface area contributed by atoms with Crippen molar-refractivity contribution >= 4 is 30.3 Å². The minimum Gasteiger partial charge on any atom is -0.399 e. The molecule has 0 radical (unpaired) electrons. The normalized spacial score (nSPS) is 22.0. The van der Waals surface area contributed by atoms with Crippen LogP contribution in [0.4, 0.5) is 0 Å². The van der Waals surface area contributed by atoms with Gasteiger partial charge in [-0.25, -0.2) is 9.97 Å². The number of rotatable bonds is 8. The number of amides is 1. The van der Waals surface area contributed by atoms with Gasteiger partial charge in [0, 0.05) is 36.7 Å². The van der Waals surface area contributed by atoms with Crippen LogP contribution in [0.5, 0.6) is 0 Å². The van der Waals surface area contributed by atoms with E-state index in [1.165, 1.54) is 0 Å². The van der Waals surface area contributed by atoms with Crippen molar-refractivity contribution in [3.63, 3.8) is 0 Å². The lowest BCUT2D eigenvalue weighted by Gasteiger charge is -2.33. The van der Waals surface area contributed by atoms with E-state index in [9.17, 15) is 9.90 Å². The van der Waals surface area contributed by atoms with Gasteiger partial charge in [0.05, 0.1) is 17.8 Å². The maximum atomic E-state index is 11.9. The lowest BCUT2D eigenvalue weighted by Crippen LogP contribution is -2.45. The zero-order valence-corrected chi connectivity index (χ0v) is 19.7. The van der Waals surface area contributed by atoms with E-state index in [2.05, 4.69) is 9.97 Å². The number of hydrogen-bond acceptors (Lipinski definition) is 8. The molecule has 1 aromatic rings. The molecule has 31 heavy (non-hydrogen) atoms. The molecular weight excluding hydrogens is 417 g/mol. The van der Waals surface area contributed by atoms with Crippen molar-refractivity contribution < 1.29 is 24.3 Å². The molecule has 2 aliphatic heterocycles. The molecule has 1 atom stereocenters. The third kappa shape index (κ3) is 5.99. The lowest BCUT2D eigenvalue weighted by molar-refractivity contribution is -0.143. The standard InChI is InChI=1S/C21H34BN3O5S/c1-20(2)21(3,4)30-22(29-20)16-12-23-19(24-13-16)31-11-5-6-15-7-9-25(10-8-15)18(28)17(27)14-26/h12-13,15,17,26-27H,5-11,14H2,1-4H3. The number of carbonyl (C=O) groups is 1. The number of aliphatic hydroxyl groups excluding tert-OH is 2. The van der Waals surface area contributed by atoms with E-state index in [0.29, 0.717) is 19.0 Å². The zero-order valence-electron chi connectivity index (χ0n) is 18.9. The zero-order chi connectivity index (χ0) is 22.6. The Balaban J connectivity index is 1.36. The summed E-state index contributed by atoms with van der Waals surface area (Å²) in [6.07, 6.45) is 6.32. The summed E-state index contributed by atoms with van der Waals surface area (Å²) in [6.45, 7) is 8.89. The summed E-state index contributed by atoms with van der Waals surface area (Å²) in [5.74, 6) is 1.17. The number of carbonyl (C=O) groups excluding carboxylic acids is 1. The van der Waals surface area contributed by atoms with E-state index in [-0.39, 0.29) is 17.1 Å². The average molecular weight is 451 g/mol. The van der Waals surface area contributed by atoms with Crippen LogP contribution in [0, 0.1) is 5.92 Å². The number of nitrogens with zero attached hydrogens (tertiary/aromatic N) is 3. The largest absolute Gasteiger partial charge is 0.498 e. The fraction of sp³-hybridized carbons (Fsp3) is 0.762. The van der Waals surface area contributed by atoms with Crippen molar-refractivity contribution in [3.05, 3.63) is 12.4 Å². The molecule has 0 spiro atoms. The predicted octanol–water partition coefficient (Wildman–Crippen LogP) is 1.24. The number of thioether (sulfide) groups is 1. The first-order valence-electron chi connectivity index (χ1n) is 11.0. The maximum absolute atomic E-state index is 11.9. The summed E-state index contributed by atoms with van der Waals surface area (Å²) in [6, 6.07) is 0. The van der Waals surface area contributed by atoms with Crippen molar-refractivity contribution in [2.45, 2.75) is 75.8 Å². The van der Waals surface area contributed by atoms with Crippen LogP contribution in [0.2, 0.25) is 0 Å².